The predicted molar refractivity (Wildman–Crippen MR) is 92.9 cm³/mol. The Kier molecular flexibility index (Phi) is 15.4. The van der Waals surface area contributed by atoms with E-state index in [0.717, 1.165) is 11.7 Å². The summed E-state index contributed by atoms with van der Waals surface area (Å²) in [7, 11) is 1.71. The first-order valence-electron chi connectivity index (χ1n) is 8.19. The fraction of sp³-hybridized carbons (Fsp3) is 0.684. The quantitative estimate of drug-likeness (QED) is 0.422. The van der Waals surface area contributed by atoms with Crippen molar-refractivity contribution < 1.29 is 4.74 Å². The summed E-state index contributed by atoms with van der Waals surface area (Å²) in [5, 5.41) is 0. The Balaban J connectivity index is 0. The number of allylic oxidation sites excluding steroid dienone is 5. The Bertz CT molecular complexity index is 297. The molecule has 0 aromatic heterocycles. The van der Waals surface area contributed by atoms with Crippen LogP contribution in [-0.4, -0.2) is 7.11 Å². The van der Waals surface area contributed by atoms with E-state index in [2.05, 4.69) is 45.9 Å². The second-order valence-corrected chi connectivity index (χ2v) is 4.98. The fourth-order valence-electron chi connectivity index (χ4n) is 1.96. The van der Waals surface area contributed by atoms with Crippen molar-refractivity contribution in [3.05, 3.63) is 35.6 Å². The van der Waals surface area contributed by atoms with Gasteiger partial charge in [0.1, 0.15) is 5.76 Å². The number of hydrogen-bond acceptors (Lipinski definition) is 1. The molecule has 118 valence electrons. The SMILES string of the molecule is C/C=C(\C=C/C1=CCCC(C)C1C)OC.CC.CCC. The van der Waals surface area contributed by atoms with E-state index in [1.165, 1.54) is 24.8 Å². The maximum atomic E-state index is 5.20. The van der Waals surface area contributed by atoms with E-state index in [1.807, 2.05) is 26.8 Å². The lowest BCUT2D eigenvalue weighted by Gasteiger charge is -2.25. The van der Waals surface area contributed by atoms with Gasteiger partial charge in [0.2, 0.25) is 0 Å². The van der Waals surface area contributed by atoms with E-state index in [1.54, 1.807) is 7.11 Å². The molecule has 0 bridgehead atoms. The van der Waals surface area contributed by atoms with Gasteiger partial charge in [-0.1, -0.05) is 60.1 Å². The van der Waals surface area contributed by atoms with Gasteiger partial charge in [-0.2, -0.15) is 0 Å². The van der Waals surface area contributed by atoms with Crippen molar-refractivity contribution in [3.63, 3.8) is 0 Å². The Morgan fingerprint density at radius 2 is 1.85 bits per heavy atom. The third-order valence-electron chi connectivity index (χ3n) is 3.34. The summed E-state index contributed by atoms with van der Waals surface area (Å²) < 4.78 is 5.20. The van der Waals surface area contributed by atoms with Gasteiger partial charge in [-0.15, -0.1) is 0 Å². The second kappa shape index (κ2) is 14.4. The van der Waals surface area contributed by atoms with Crippen molar-refractivity contribution in [2.75, 3.05) is 7.11 Å². The normalized spacial score (nSPS) is 22.2. The molecule has 1 rings (SSSR count). The molecule has 20 heavy (non-hydrogen) atoms. The van der Waals surface area contributed by atoms with Gasteiger partial charge in [0.25, 0.3) is 0 Å². The van der Waals surface area contributed by atoms with Crippen molar-refractivity contribution in [1.29, 1.82) is 0 Å². The van der Waals surface area contributed by atoms with E-state index < -0.39 is 0 Å². The van der Waals surface area contributed by atoms with Crippen molar-refractivity contribution in [2.45, 2.75) is 67.7 Å². The second-order valence-electron chi connectivity index (χ2n) is 4.98. The zero-order chi connectivity index (χ0) is 16.0. The molecule has 0 fully saturated rings. The van der Waals surface area contributed by atoms with Gasteiger partial charge in [-0.3, -0.25) is 0 Å². The average molecular weight is 280 g/mol. The molecule has 0 N–H and O–H groups in total. The van der Waals surface area contributed by atoms with Gasteiger partial charge >= 0.3 is 0 Å². The number of ether oxygens (including phenoxy) is 1. The van der Waals surface area contributed by atoms with Crippen molar-refractivity contribution in [2.24, 2.45) is 11.8 Å². The molecule has 1 heteroatoms. The average Bonchev–Trinajstić information content (AvgIpc) is 2.47. The number of methoxy groups -OCH3 is 1. The molecule has 2 atom stereocenters. The lowest BCUT2D eigenvalue weighted by Crippen LogP contribution is -2.13. The Morgan fingerprint density at radius 3 is 2.30 bits per heavy atom. The highest BCUT2D eigenvalue weighted by Crippen LogP contribution is 2.30. The molecule has 0 aromatic carbocycles. The van der Waals surface area contributed by atoms with E-state index >= 15 is 0 Å². The summed E-state index contributed by atoms with van der Waals surface area (Å²) in [6, 6.07) is 0. The summed E-state index contributed by atoms with van der Waals surface area (Å²) in [4.78, 5) is 0. The summed E-state index contributed by atoms with van der Waals surface area (Å²) in [5.74, 6) is 2.40. The smallest absolute Gasteiger partial charge is 0.114 e. The van der Waals surface area contributed by atoms with E-state index in [4.69, 9.17) is 4.74 Å². The number of hydrogen-bond donors (Lipinski definition) is 0. The molecule has 0 aromatic rings. The molecule has 0 amide bonds. The first-order valence-corrected chi connectivity index (χ1v) is 8.19. The highest BCUT2D eigenvalue weighted by Gasteiger charge is 2.18. The lowest BCUT2D eigenvalue weighted by atomic mass is 9.80. The van der Waals surface area contributed by atoms with Crippen LogP contribution in [0.5, 0.6) is 0 Å². The molecule has 1 nitrogen and oxygen atoms in total. The first-order chi connectivity index (χ1) is 9.60. The van der Waals surface area contributed by atoms with Crippen LogP contribution in [0.25, 0.3) is 0 Å². The van der Waals surface area contributed by atoms with Crippen LogP contribution in [0.3, 0.4) is 0 Å². The minimum atomic E-state index is 0.671. The summed E-state index contributed by atoms with van der Waals surface area (Å²) >= 11 is 0. The molecule has 0 spiro atoms. The van der Waals surface area contributed by atoms with Gasteiger partial charge in [-0.05, 0) is 49.3 Å². The predicted octanol–water partition coefficient (Wildman–Crippen LogP) is 6.53. The van der Waals surface area contributed by atoms with Crippen LogP contribution in [0, 0.1) is 11.8 Å². The van der Waals surface area contributed by atoms with Gasteiger partial charge in [0.05, 0.1) is 7.11 Å². The van der Waals surface area contributed by atoms with Crippen LogP contribution >= 0.6 is 0 Å². The third kappa shape index (κ3) is 9.01. The van der Waals surface area contributed by atoms with E-state index in [0.29, 0.717) is 5.92 Å². The van der Waals surface area contributed by atoms with Crippen molar-refractivity contribution in [3.8, 4) is 0 Å². The van der Waals surface area contributed by atoms with Crippen molar-refractivity contribution in [1.82, 2.24) is 0 Å². The molecule has 1 aliphatic rings. The molecule has 0 saturated carbocycles. The highest BCUT2D eigenvalue weighted by atomic mass is 16.5. The van der Waals surface area contributed by atoms with Crippen LogP contribution in [0.2, 0.25) is 0 Å². The van der Waals surface area contributed by atoms with Crippen LogP contribution in [0.4, 0.5) is 0 Å². The highest BCUT2D eigenvalue weighted by molar-refractivity contribution is 5.28. The van der Waals surface area contributed by atoms with Crippen LogP contribution in [0.15, 0.2) is 35.6 Å². The van der Waals surface area contributed by atoms with Crippen LogP contribution in [0.1, 0.15) is 67.7 Å². The molecule has 0 radical (unpaired) electrons. The Labute approximate surface area is 127 Å². The van der Waals surface area contributed by atoms with E-state index in [-0.39, 0.29) is 0 Å². The topological polar surface area (TPSA) is 9.23 Å². The standard InChI is InChI=1S/C14H22O.C3H8.C2H6/c1-5-14(15-4)10-9-13-8-6-7-11(2)12(13)3;1-3-2;1-2/h5,8-12H,6-7H2,1-4H3;3H2,1-2H3;1-2H3/b10-9-,14-5+;;. The zero-order valence-electron chi connectivity index (χ0n) is 15.0. The third-order valence-corrected chi connectivity index (χ3v) is 3.34. The van der Waals surface area contributed by atoms with Crippen LogP contribution in [-0.2, 0) is 4.74 Å². The monoisotopic (exact) mass is 280 g/mol. The summed E-state index contributed by atoms with van der Waals surface area (Å²) in [6.07, 6.45) is 12.4. The molecule has 0 saturated heterocycles. The largest absolute Gasteiger partial charge is 0.497 e. The molecular formula is C19H36O. The first kappa shape index (κ1) is 21.3. The van der Waals surface area contributed by atoms with Gasteiger partial charge < -0.3 is 4.74 Å². The maximum absolute atomic E-state index is 5.20. The molecule has 2 unspecified atom stereocenters. The number of rotatable bonds is 3. The zero-order valence-corrected chi connectivity index (χ0v) is 15.0. The van der Waals surface area contributed by atoms with Gasteiger partial charge in [0.15, 0.2) is 0 Å². The fourth-order valence-corrected chi connectivity index (χ4v) is 1.96. The molecule has 0 heterocycles. The minimum Gasteiger partial charge on any atom is -0.497 e. The lowest BCUT2D eigenvalue weighted by molar-refractivity contribution is 0.306. The summed E-state index contributed by atoms with van der Waals surface area (Å²) in [6.45, 7) is 14.9. The summed E-state index contributed by atoms with van der Waals surface area (Å²) in [5.41, 5.74) is 1.45. The van der Waals surface area contributed by atoms with Gasteiger partial charge in [-0.25, -0.2) is 0 Å². The molecular weight excluding hydrogens is 244 g/mol. The minimum absolute atomic E-state index is 0.671. The molecule has 1 aliphatic carbocycles. The Hall–Kier alpha value is -0.980. The van der Waals surface area contributed by atoms with Crippen molar-refractivity contribution >= 4 is 0 Å². The van der Waals surface area contributed by atoms with Gasteiger partial charge in [0, 0.05) is 0 Å². The van der Waals surface area contributed by atoms with Crippen LogP contribution < -0.4 is 0 Å². The molecule has 0 aliphatic heterocycles. The van der Waals surface area contributed by atoms with E-state index in [9.17, 15) is 0 Å². The Morgan fingerprint density at radius 1 is 1.30 bits per heavy atom. The maximum Gasteiger partial charge on any atom is 0.114 e.